The van der Waals surface area contributed by atoms with Gasteiger partial charge in [0.2, 0.25) is 0 Å². The fourth-order valence-corrected chi connectivity index (χ4v) is 2.76. The summed E-state index contributed by atoms with van der Waals surface area (Å²) >= 11 is 0. The van der Waals surface area contributed by atoms with Gasteiger partial charge >= 0.3 is 5.97 Å². The van der Waals surface area contributed by atoms with E-state index in [2.05, 4.69) is 0 Å². The van der Waals surface area contributed by atoms with Crippen LogP contribution in [0.2, 0.25) is 0 Å². The topological polar surface area (TPSA) is 96.2 Å². The van der Waals surface area contributed by atoms with Crippen LogP contribution < -0.4 is 0 Å². The predicted molar refractivity (Wildman–Crippen MR) is 66.7 cm³/mol. The van der Waals surface area contributed by atoms with Crippen LogP contribution in [0.1, 0.15) is 23.2 Å². The molecule has 6 nitrogen and oxygen atoms in total. The molecule has 1 saturated heterocycles. The van der Waals surface area contributed by atoms with Gasteiger partial charge in [-0.3, -0.25) is 0 Å². The minimum atomic E-state index is -1.46. The first-order chi connectivity index (χ1) is 9.54. The van der Waals surface area contributed by atoms with E-state index in [1.165, 1.54) is 0 Å². The molecule has 1 aliphatic carbocycles. The molecule has 1 spiro atoms. The van der Waals surface area contributed by atoms with Crippen LogP contribution in [0.25, 0.3) is 0 Å². The highest BCUT2D eigenvalue weighted by Crippen LogP contribution is 2.47. The maximum atomic E-state index is 12.0. The van der Waals surface area contributed by atoms with Crippen molar-refractivity contribution in [2.75, 3.05) is 0 Å². The lowest BCUT2D eigenvalue weighted by Gasteiger charge is -2.46. The smallest absolute Gasteiger partial charge is 0.338 e. The molecule has 3 rings (SSSR count). The quantitative estimate of drug-likeness (QED) is 0.650. The highest BCUT2D eigenvalue weighted by Gasteiger charge is 2.64. The van der Waals surface area contributed by atoms with Gasteiger partial charge in [-0.2, -0.15) is 0 Å². The van der Waals surface area contributed by atoms with Gasteiger partial charge < -0.3 is 24.8 Å². The first-order valence-corrected chi connectivity index (χ1v) is 6.52. The molecule has 3 N–H and O–H groups in total. The van der Waals surface area contributed by atoms with E-state index in [-0.39, 0.29) is 0 Å². The molecule has 2 unspecified atom stereocenters. The van der Waals surface area contributed by atoms with Crippen molar-refractivity contribution < 1.29 is 29.6 Å². The van der Waals surface area contributed by atoms with Crippen LogP contribution in [0.3, 0.4) is 0 Å². The van der Waals surface area contributed by atoms with Gasteiger partial charge in [0.25, 0.3) is 0 Å². The van der Waals surface area contributed by atoms with Gasteiger partial charge in [0.15, 0.2) is 6.29 Å². The Morgan fingerprint density at radius 1 is 1.25 bits per heavy atom. The Morgan fingerprint density at radius 2 is 1.95 bits per heavy atom. The van der Waals surface area contributed by atoms with Crippen LogP contribution in [0.5, 0.6) is 0 Å². The van der Waals surface area contributed by atoms with Crippen LogP contribution in [0.4, 0.5) is 0 Å². The van der Waals surface area contributed by atoms with Crippen LogP contribution in [-0.4, -0.2) is 51.5 Å². The number of aliphatic hydroxyl groups excluding tert-OH is 3. The van der Waals surface area contributed by atoms with E-state index in [0.29, 0.717) is 18.4 Å². The number of hydrogen-bond donors (Lipinski definition) is 3. The molecule has 108 valence electrons. The third-order valence-electron chi connectivity index (χ3n) is 4.06. The standard InChI is InChI=1S/C14H16O6/c15-10-11(16)14(20-13(10)18)7-6-9(14)19-12(17)8-4-2-1-3-5-8/h1-5,9-11,13,15-16,18H,6-7H2/t9-,10+,11?,13?,14+/m1/s1. The monoisotopic (exact) mass is 280 g/mol. The Labute approximate surface area is 115 Å². The Bertz CT molecular complexity index is 504. The Kier molecular flexibility index (Phi) is 3.25. The van der Waals surface area contributed by atoms with Crippen molar-refractivity contribution in [1.29, 1.82) is 0 Å². The first-order valence-electron chi connectivity index (χ1n) is 6.52. The second kappa shape index (κ2) is 4.82. The summed E-state index contributed by atoms with van der Waals surface area (Å²) in [7, 11) is 0. The number of carbonyl (C=O) groups excluding carboxylic acids is 1. The third-order valence-corrected chi connectivity index (χ3v) is 4.06. The maximum absolute atomic E-state index is 12.0. The van der Waals surface area contributed by atoms with Gasteiger partial charge in [-0.15, -0.1) is 0 Å². The van der Waals surface area contributed by atoms with E-state index in [0.717, 1.165) is 0 Å². The normalized spacial score (nSPS) is 39.5. The minimum Gasteiger partial charge on any atom is -0.456 e. The van der Waals surface area contributed by atoms with E-state index < -0.39 is 36.2 Å². The fraction of sp³-hybridized carbons (Fsp3) is 0.500. The molecule has 1 aliphatic heterocycles. The van der Waals surface area contributed by atoms with Crippen molar-refractivity contribution >= 4 is 5.97 Å². The number of aliphatic hydroxyl groups is 3. The molecule has 2 aliphatic rings. The summed E-state index contributed by atoms with van der Waals surface area (Å²) in [6.45, 7) is 0. The summed E-state index contributed by atoms with van der Waals surface area (Å²) in [5, 5.41) is 29.0. The highest BCUT2D eigenvalue weighted by molar-refractivity contribution is 5.89. The number of benzene rings is 1. The zero-order valence-corrected chi connectivity index (χ0v) is 10.7. The Hall–Kier alpha value is -1.47. The van der Waals surface area contributed by atoms with Gasteiger partial charge in [-0.1, -0.05) is 18.2 Å². The van der Waals surface area contributed by atoms with Crippen molar-refractivity contribution in [2.24, 2.45) is 0 Å². The van der Waals surface area contributed by atoms with Gasteiger partial charge in [0, 0.05) is 0 Å². The second-order valence-electron chi connectivity index (χ2n) is 5.20. The lowest BCUT2D eigenvalue weighted by atomic mass is 9.72. The van der Waals surface area contributed by atoms with E-state index in [1.807, 2.05) is 0 Å². The molecule has 20 heavy (non-hydrogen) atoms. The van der Waals surface area contributed by atoms with Crippen molar-refractivity contribution in [3.05, 3.63) is 35.9 Å². The summed E-state index contributed by atoms with van der Waals surface area (Å²) < 4.78 is 10.6. The molecule has 0 amide bonds. The Morgan fingerprint density at radius 3 is 2.45 bits per heavy atom. The maximum Gasteiger partial charge on any atom is 0.338 e. The van der Waals surface area contributed by atoms with E-state index in [9.17, 15) is 20.1 Å². The molecule has 5 atom stereocenters. The van der Waals surface area contributed by atoms with Crippen LogP contribution in [0, 0.1) is 0 Å². The van der Waals surface area contributed by atoms with Gasteiger partial charge in [0.1, 0.15) is 23.9 Å². The van der Waals surface area contributed by atoms with Crippen LogP contribution in [-0.2, 0) is 9.47 Å². The zero-order valence-electron chi connectivity index (χ0n) is 10.7. The van der Waals surface area contributed by atoms with Gasteiger partial charge in [0.05, 0.1) is 5.56 Å². The van der Waals surface area contributed by atoms with Gasteiger partial charge in [-0.05, 0) is 25.0 Å². The first kappa shape index (κ1) is 13.5. The molecule has 2 fully saturated rings. The fourth-order valence-electron chi connectivity index (χ4n) is 2.76. The van der Waals surface area contributed by atoms with Crippen molar-refractivity contribution in [1.82, 2.24) is 0 Å². The van der Waals surface area contributed by atoms with Gasteiger partial charge in [-0.25, -0.2) is 4.79 Å². The van der Waals surface area contributed by atoms with Crippen molar-refractivity contribution in [3.8, 4) is 0 Å². The molecule has 1 heterocycles. The Balaban J connectivity index is 1.72. The largest absolute Gasteiger partial charge is 0.456 e. The number of rotatable bonds is 2. The number of ether oxygens (including phenoxy) is 2. The van der Waals surface area contributed by atoms with Crippen molar-refractivity contribution in [2.45, 2.75) is 43.0 Å². The third kappa shape index (κ3) is 1.92. The van der Waals surface area contributed by atoms with E-state index in [1.54, 1.807) is 30.3 Å². The summed E-state index contributed by atoms with van der Waals surface area (Å²) in [6.07, 6.45) is -3.82. The van der Waals surface area contributed by atoms with Crippen LogP contribution in [0.15, 0.2) is 30.3 Å². The average molecular weight is 280 g/mol. The highest BCUT2D eigenvalue weighted by atomic mass is 16.7. The molecule has 0 bridgehead atoms. The summed E-state index contributed by atoms with van der Waals surface area (Å²) in [5.74, 6) is -0.513. The minimum absolute atomic E-state index is 0.406. The van der Waals surface area contributed by atoms with Crippen LogP contribution >= 0.6 is 0 Å². The summed E-state index contributed by atoms with van der Waals surface area (Å²) in [5.41, 5.74) is -0.786. The SMILES string of the molecule is O=C(O[C@@H]1CC[C@]12OC(O)[C@@H](O)C2O)c1ccccc1. The molecule has 1 aromatic rings. The second-order valence-corrected chi connectivity index (χ2v) is 5.20. The lowest BCUT2D eigenvalue weighted by Crippen LogP contribution is -2.61. The number of carbonyl (C=O) groups is 1. The lowest BCUT2D eigenvalue weighted by molar-refractivity contribution is -0.235. The number of esters is 1. The summed E-state index contributed by atoms with van der Waals surface area (Å²) in [6, 6.07) is 8.49. The summed E-state index contributed by atoms with van der Waals surface area (Å²) in [4.78, 5) is 12.0. The molecule has 0 aromatic heterocycles. The molecule has 0 radical (unpaired) electrons. The van der Waals surface area contributed by atoms with E-state index >= 15 is 0 Å². The number of hydrogen-bond acceptors (Lipinski definition) is 6. The average Bonchev–Trinajstić information content (AvgIpc) is 2.70. The molecular weight excluding hydrogens is 264 g/mol. The molecule has 1 saturated carbocycles. The zero-order chi connectivity index (χ0) is 14.3. The van der Waals surface area contributed by atoms with Crippen molar-refractivity contribution in [3.63, 3.8) is 0 Å². The molecular formula is C14H16O6. The van der Waals surface area contributed by atoms with E-state index in [4.69, 9.17) is 9.47 Å². The molecule has 6 heteroatoms. The molecule has 1 aromatic carbocycles. The predicted octanol–water partition coefficient (Wildman–Crippen LogP) is -0.185.